The number of carbonyl (C=O) groups excluding carboxylic acids is 1. The van der Waals surface area contributed by atoms with Crippen LogP contribution in [0.25, 0.3) is 0 Å². The van der Waals surface area contributed by atoms with Crippen LogP contribution in [0.5, 0.6) is 0 Å². The summed E-state index contributed by atoms with van der Waals surface area (Å²) in [7, 11) is 0. The number of hydrogen-bond donors (Lipinski definition) is 0. The molecule has 0 aromatic rings. The highest BCUT2D eigenvalue weighted by Crippen LogP contribution is 2.63. The second-order valence-corrected chi connectivity index (χ2v) is 4.59. The fourth-order valence-electron chi connectivity index (χ4n) is 1.28. The van der Waals surface area contributed by atoms with Crippen LogP contribution in [-0.2, 0) is 4.79 Å². The van der Waals surface area contributed by atoms with Crippen molar-refractivity contribution in [2.24, 2.45) is 0 Å². The first-order valence-corrected chi connectivity index (χ1v) is 5.63. The zero-order valence-electron chi connectivity index (χ0n) is 11.6. The quantitative estimate of drug-likeness (QED) is 0.293. The average Bonchev–Trinajstić information content (AvgIpc) is 2.45. The van der Waals surface area contributed by atoms with Gasteiger partial charge in [0.15, 0.2) is 5.83 Å². The van der Waals surface area contributed by atoms with E-state index < -0.39 is 59.9 Å². The van der Waals surface area contributed by atoms with Crippen molar-refractivity contribution in [3.8, 4) is 0 Å². The third kappa shape index (κ3) is 3.21. The summed E-state index contributed by atoms with van der Waals surface area (Å²) in [6.07, 6.45) is -10.1. The maximum Gasteiger partial charge on any atom is 0.460 e. The Morgan fingerprint density at radius 2 is 0.815 bits per heavy atom. The van der Waals surface area contributed by atoms with Crippen molar-refractivity contribution in [1.29, 1.82) is 0 Å². The zero-order chi connectivity index (χ0) is 22.5. The van der Waals surface area contributed by atoms with Gasteiger partial charge in [0.05, 0.1) is 0 Å². The van der Waals surface area contributed by atoms with E-state index in [1.54, 1.807) is 0 Å². The molecule has 0 radical (unpaired) electrons. The largest absolute Gasteiger partial charge is 0.460 e. The SMILES string of the molecule is O=C/C=C(\F)C(F)(F)C(F)(F)C(F)(F)C(F)(F)C(F)(F)C(F)(F)C(F)(F)F. The van der Waals surface area contributed by atoms with E-state index in [1.807, 2.05) is 0 Å². The van der Waals surface area contributed by atoms with Crippen molar-refractivity contribution in [1.82, 2.24) is 0 Å². The van der Waals surface area contributed by atoms with Gasteiger partial charge in [-0.2, -0.15) is 65.9 Å². The average molecular weight is 442 g/mol. The predicted molar refractivity (Wildman–Crippen MR) is 51.0 cm³/mol. The maximum absolute atomic E-state index is 13.0. The molecule has 0 aromatic heterocycles. The smallest absolute Gasteiger partial charge is 0.298 e. The maximum atomic E-state index is 13.0. The van der Waals surface area contributed by atoms with Crippen LogP contribution in [-0.4, -0.2) is 48.0 Å². The fraction of sp³-hybridized carbons (Fsp3) is 0.700. The molecule has 0 amide bonds. The monoisotopic (exact) mass is 442 g/mol. The number of aldehydes is 1. The minimum atomic E-state index is -8.49. The summed E-state index contributed by atoms with van der Waals surface area (Å²) in [6, 6.07) is 0. The Kier molecular flexibility index (Phi) is 6.02. The summed E-state index contributed by atoms with van der Waals surface area (Å²) >= 11 is 0. The number of alkyl halides is 15. The van der Waals surface area contributed by atoms with Crippen LogP contribution >= 0.6 is 0 Å². The van der Waals surface area contributed by atoms with E-state index in [0.29, 0.717) is 0 Å². The Hall–Kier alpha value is -1.71. The van der Waals surface area contributed by atoms with Crippen molar-refractivity contribution in [2.45, 2.75) is 41.7 Å². The summed E-state index contributed by atoms with van der Waals surface area (Å²) in [4.78, 5) is 9.66. The molecule has 0 N–H and O–H groups in total. The lowest BCUT2D eigenvalue weighted by atomic mass is 9.90. The molecule has 0 saturated heterocycles. The highest BCUT2D eigenvalue weighted by atomic mass is 19.4. The number of allylic oxidation sites excluding steroid dienone is 2. The molecule has 0 rings (SSSR count). The summed E-state index contributed by atoms with van der Waals surface area (Å²) < 4.78 is 202. The van der Waals surface area contributed by atoms with E-state index in [1.165, 1.54) is 0 Å². The Bertz CT molecular complexity index is 597. The molecule has 1 nitrogen and oxygen atoms in total. The summed E-state index contributed by atoms with van der Waals surface area (Å²) in [5.74, 6) is -52.5. The molecule has 0 atom stereocenters. The molecule has 0 aliphatic carbocycles. The number of halogens is 16. The lowest BCUT2D eigenvalue weighted by molar-refractivity contribution is -0.450. The van der Waals surface area contributed by atoms with Crippen LogP contribution in [0.15, 0.2) is 11.9 Å². The summed E-state index contributed by atoms with van der Waals surface area (Å²) in [5.41, 5.74) is 0. The molecule has 160 valence electrons. The van der Waals surface area contributed by atoms with Crippen LogP contribution < -0.4 is 0 Å². The van der Waals surface area contributed by atoms with Gasteiger partial charge in [-0.25, -0.2) is 4.39 Å². The van der Waals surface area contributed by atoms with Gasteiger partial charge in [0.2, 0.25) is 0 Å². The Labute approximate surface area is 136 Å². The second kappa shape index (κ2) is 6.42. The predicted octanol–water partition coefficient (Wildman–Crippen LogP) is 5.41. The highest BCUT2D eigenvalue weighted by molar-refractivity contribution is 5.66. The van der Waals surface area contributed by atoms with Gasteiger partial charge in [0.1, 0.15) is 6.29 Å². The van der Waals surface area contributed by atoms with Crippen LogP contribution in [0.1, 0.15) is 0 Å². The summed E-state index contributed by atoms with van der Waals surface area (Å²) in [5, 5.41) is 0. The molecule has 0 unspecified atom stereocenters. The molecule has 27 heavy (non-hydrogen) atoms. The molecule has 0 heterocycles. The molecule has 0 saturated carbocycles. The number of hydrogen-bond acceptors (Lipinski definition) is 1. The number of carbonyl (C=O) groups is 1. The van der Waals surface area contributed by atoms with E-state index in [0.717, 1.165) is 0 Å². The van der Waals surface area contributed by atoms with Gasteiger partial charge < -0.3 is 0 Å². The lowest BCUT2D eigenvalue weighted by Crippen LogP contribution is -2.72. The van der Waals surface area contributed by atoms with Crippen molar-refractivity contribution in [3.05, 3.63) is 11.9 Å². The standard InChI is InChI=1S/C10H2F16O/c11-3(1-2-27)4(12,13)5(14,15)6(16,17)7(18,19)8(20,21)9(22,23)10(24,25)26/h1-2H/b3-1-. The Balaban J connectivity index is 6.64. The van der Waals surface area contributed by atoms with E-state index in [9.17, 15) is 75.0 Å². The minimum Gasteiger partial charge on any atom is -0.298 e. The third-order valence-corrected chi connectivity index (χ3v) is 2.84. The van der Waals surface area contributed by atoms with Crippen LogP contribution in [0, 0.1) is 0 Å². The normalized spacial score (nSPS) is 16.5. The van der Waals surface area contributed by atoms with Crippen molar-refractivity contribution >= 4 is 6.29 Å². The van der Waals surface area contributed by atoms with Gasteiger partial charge in [-0.15, -0.1) is 0 Å². The highest BCUT2D eigenvalue weighted by Gasteiger charge is 2.93. The van der Waals surface area contributed by atoms with Crippen LogP contribution in [0.2, 0.25) is 0 Å². The van der Waals surface area contributed by atoms with E-state index in [4.69, 9.17) is 0 Å². The zero-order valence-corrected chi connectivity index (χ0v) is 11.6. The van der Waals surface area contributed by atoms with Crippen molar-refractivity contribution in [2.75, 3.05) is 0 Å². The molecular formula is C10H2F16O. The van der Waals surface area contributed by atoms with Crippen LogP contribution in [0.4, 0.5) is 70.2 Å². The molecular weight excluding hydrogens is 440 g/mol. The minimum absolute atomic E-state index is 1.11. The summed E-state index contributed by atoms with van der Waals surface area (Å²) in [6.45, 7) is 0. The first kappa shape index (κ1) is 25.3. The first-order chi connectivity index (χ1) is 11.5. The van der Waals surface area contributed by atoms with Gasteiger partial charge in [-0.1, -0.05) is 0 Å². The van der Waals surface area contributed by atoms with Gasteiger partial charge in [0, 0.05) is 6.08 Å². The number of rotatable bonds is 7. The van der Waals surface area contributed by atoms with Gasteiger partial charge in [-0.3, -0.25) is 4.79 Å². The lowest BCUT2D eigenvalue weighted by Gasteiger charge is -2.41. The second-order valence-electron chi connectivity index (χ2n) is 4.59. The topological polar surface area (TPSA) is 17.1 Å². The van der Waals surface area contributed by atoms with Gasteiger partial charge >= 0.3 is 41.7 Å². The molecule has 0 aromatic carbocycles. The molecule has 0 fully saturated rings. The Morgan fingerprint density at radius 1 is 0.519 bits per heavy atom. The van der Waals surface area contributed by atoms with E-state index in [-0.39, 0.29) is 0 Å². The van der Waals surface area contributed by atoms with E-state index >= 15 is 0 Å². The Morgan fingerprint density at radius 3 is 1.11 bits per heavy atom. The molecule has 0 bridgehead atoms. The molecule has 0 aliphatic heterocycles. The third-order valence-electron chi connectivity index (χ3n) is 2.84. The van der Waals surface area contributed by atoms with Crippen LogP contribution in [0.3, 0.4) is 0 Å². The molecule has 17 heteroatoms. The molecule has 0 aliphatic rings. The fourth-order valence-corrected chi connectivity index (χ4v) is 1.28. The molecule has 0 spiro atoms. The first-order valence-electron chi connectivity index (χ1n) is 5.63. The van der Waals surface area contributed by atoms with Gasteiger partial charge in [0.25, 0.3) is 0 Å². The van der Waals surface area contributed by atoms with Gasteiger partial charge in [-0.05, 0) is 0 Å². The van der Waals surface area contributed by atoms with Crippen molar-refractivity contribution < 1.29 is 75.0 Å². The van der Waals surface area contributed by atoms with Crippen molar-refractivity contribution in [3.63, 3.8) is 0 Å². The van der Waals surface area contributed by atoms with E-state index in [2.05, 4.69) is 0 Å².